The summed E-state index contributed by atoms with van der Waals surface area (Å²) < 4.78 is 0. The number of amides is 1. The minimum atomic E-state index is -0.691. The van der Waals surface area contributed by atoms with Gasteiger partial charge in [0.1, 0.15) is 5.76 Å². The highest BCUT2D eigenvalue weighted by molar-refractivity contribution is 6.51. The quantitative estimate of drug-likeness (QED) is 0.416. The second kappa shape index (κ2) is 7.16. The van der Waals surface area contributed by atoms with Crippen molar-refractivity contribution in [3.05, 3.63) is 107 Å². The number of anilines is 1. The summed E-state index contributed by atoms with van der Waals surface area (Å²) in [5.74, 6) is -1.49. The van der Waals surface area contributed by atoms with Gasteiger partial charge in [-0.1, -0.05) is 72.8 Å². The van der Waals surface area contributed by atoms with E-state index in [2.05, 4.69) is 0 Å². The Hall–Kier alpha value is -3.66. The van der Waals surface area contributed by atoms with Gasteiger partial charge >= 0.3 is 0 Å². The van der Waals surface area contributed by atoms with Gasteiger partial charge in [0.05, 0.1) is 11.6 Å². The normalized spacial score (nSPS) is 18.5. The molecule has 0 spiro atoms. The number of aliphatic hydroxyl groups excluding tert-OH is 1. The summed E-state index contributed by atoms with van der Waals surface area (Å²) in [6.45, 7) is 1.93. The van der Waals surface area contributed by atoms with Crippen LogP contribution in [0, 0.1) is 6.92 Å². The lowest BCUT2D eigenvalue weighted by molar-refractivity contribution is -0.132. The molecular weight excluding hydrogens is 350 g/mol. The Balaban J connectivity index is 1.95. The molecule has 3 aromatic rings. The highest BCUT2D eigenvalue weighted by Gasteiger charge is 2.46. The maximum atomic E-state index is 13.0. The first kappa shape index (κ1) is 17.7. The Morgan fingerprint density at radius 2 is 1.50 bits per heavy atom. The van der Waals surface area contributed by atoms with Crippen LogP contribution in [0.25, 0.3) is 5.76 Å². The molecule has 1 fully saturated rings. The summed E-state index contributed by atoms with van der Waals surface area (Å²) in [6, 6.07) is 24.9. The maximum Gasteiger partial charge on any atom is 0.300 e. The number of Topliss-reactive ketones (excluding diaryl/α,β-unsaturated/α-hetero) is 1. The number of hydrogen-bond acceptors (Lipinski definition) is 3. The summed E-state index contributed by atoms with van der Waals surface area (Å²) in [4.78, 5) is 27.4. The molecule has 0 unspecified atom stereocenters. The molecule has 0 aromatic heterocycles. The number of ketones is 1. The minimum absolute atomic E-state index is 0.101. The van der Waals surface area contributed by atoms with E-state index in [1.165, 1.54) is 4.90 Å². The average Bonchev–Trinajstić information content (AvgIpc) is 3.00. The SMILES string of the molecule is Cc1cccc(N2C(=O)C(=O)C(=C(O)c3ccccc3)[C@H]2c2ccccc2)c1. The predicted octanol–water partition coefficient (Wildman–Crippen LogP) is 4.62. The van der Waals surface area contributed by atoms with Crippen LogP contribution in [0.3, 0.4) is 0 Å². The highest BCUT2D eigenvalue weighted by Crippen LogP contribution is 2.42. The molecule has 1 amide bonds. The third kappa shape index (κ3) is 2.99. The van der Waals surface area contributed by atoms with Crippen molar-refractivity contribution < 1.29 is 14.7 Å². The molecule has 4 rings (SSSR count). The van der Waals surface area contributed by atoms with Gasteiger partial charge in [-0.25, -0.2) is 0 Å². The second-order valence-corrected chi connectivity index (χ2v) is 6.78. The molecule has 4 nitrogen and oxygen atoms in total. The van der Waals surface area contributed by atoms with Crippen LogP contribution in [0.2, 0.25) is 0 Å². The lowest BCUT2D eigenvalue weighted by atomic mass is 9.95. The van der Waals surface area contributed by atoms with Gasteiger partial charge in [-0.3, -0.25) is 14.5 Å². The van der Waals surface area contributed by atoms with E-state index < -0.39 is 17.7 Å². The second-order valence-electron chi connectivity index (χ2n) is 6.78. The van der Waals surface area contributed by atoms with Gasteiger partial charge < -0.3 is 5.11 Å². The summed E-state index contributed by atoms with van der Waals surface area (Å²) in [7, 11) is 0. The first-order chi connectivity index (χ1) is 13.6. The van der Waals surface area contributed by atoms with E-state index in [0.717, 1.165) is 11.1 Å². The number of nitrogens with zero attached hydrogens (tertiary/aromatic N) is 1. The Bertz CT molecular complexity index is 1070. The fraction of sp³-hybridized carbons (Fsp3) is 0.0833. The summed E-state index contributed by atoms with van der Waals surface area (Å²) in [6.07, 6.45) is 0. The van der Waals surface area contributed by atoms with Gasteiger partial charge in [0.25, 0.3) is 11.7 Å². The van der Waals surface area contributed by atoms with Crippen molar-refractivity contribution in [3.63, 3.8) is 0 Å². The molecule has 138 valence electrons. The molecular formula is C24H19NO3. The number of benzene rings is 3. The standard InChI is InChI=1S/C24H19NO3/c1-16-9-8-14-19(15-16)25-21(17-10-4-2-5-11-17)20(23(27)24(25)28)22(26)18-12-6-3-7-13-18/h2-15,21,26H,1H3/t21-/m1/s1. The zero-order valence-electron chi connectivity index (χ0n) is 15.4. The summed E-state index contributed by atoms with van der Waals surface area (Å²) in [5, 5.41) is 10.9. The fourth-order valence-corrected chi connectivity index (χ4v) is 3.58. The van der Waals surface area contributed by atoms with Crippen LogP contribution in [-0.4, -0.2) is 16.8 Å². The van der Waals surface area contributed by atoms with Crippen molar-refractivity contribution in [2.24, 2.45) is 0 Å². The van der Waals surface area contributed by atoms with Crippen molar-refractivity contribution in [2.45, 2.75) is 13.0 Å². The Kier molecular flexibility index (Phi) is 4.53. The Morgan fingerprint density at radius 1 is 0.857 bits per heavy atom. The first-order valence-electron chi connectivity index (χ1n) is 9.06. The number of carbonyl (C=O) groups excluding carboxylic acids is 2. The van der Waals surface area contributed by atoms with Crippen LogP contribution in [-0.2, 0) is 9.59 Å². The maximum absolute atomic E-state index is 13.0. The molecule has 1 atom stereocenters. The van der Waals surface area contributed by atoms with Gasteiger partial charge in [0.2, 0.25) is 0 Å². The third-order valence-corrected chi connectivity index (χ3v) is 4.89. The molecule has 28 heavy (non-hydrogen) atoms. The molecule has 1 heterocycles. The van der Waals surface area contributed by atoms with Gasteiger partial charge in [0, 0.05) is 11.3 Å². The Labute approximate surface area is 163 Å². The topological polar surface area (TPSA) is 57.6 Å². The van der Waals surface area contributed by atoms with Crippen LogP contribution >= 0.6 is 0 Å². The molecule has 1 N–H and O–H groups in total. The van der Waals surface area contributed by atoms with E-state index in [0.29, 0.717) is 11.3 Å². The van der Waals surface area contributed by atoms with Crippen molar-refractivity contribution in [3.8, 4) is 0 Å². The summed E-state index contributed by atoms with van der Waals surface area (Å²) in [5.41, 5.74) is 2.98. The molecule has 1 saturated heterocycles. The number of aliphatic hydroxyl groups is 1. The Morgan fingerprint density at radius 3 is 2.14 bits per heavy atom. The predicted molar refractivity (Wildman–Crippen MR) is 109 cm³/mol. The van der Waals surface area contributed by atoms with Crippen LogP contribution in [0.4, 0.5) is 5.69 Å². The molecule has 0 bridgehead atoms. The molecule has 0 saturated carbocycles. The zero-order chi connectivity index (χ0) is 19.7. The lowest BCUT2D eigenvalue weighted by Crippen LogP contribution is -2.29. The van der Waals surface area contributed by atoms with Crippen molar-refractivity contribution in [2.75, 3.05) is 4.90 Å². The molecule has 4 heteroatoms. The van der Waals surface area contributed by atoms with Gasteiger partial charge in [-0.15, -0.1) is 0 Å². The third-order valence-electron chi connectivity index (χ3n) is 4.89. The average molecular weight is 369 g/mol. The van der Waals surface area contributed by atoms with E-state index in [1.54, 1.807) is 30.3 Å². The molecule has 3 aromatic carbocycles. The van der Waals surface area contributed by atoms with Crippen LogP contribution in [0.1, 0.15) is 22.7 Å². The number of rotatable bonds is 3. The van der Waals surface area contributed by atoms with Gasteiger partial charge in [-0.05, 0) is 30.2 Å². The summed E-state index contributed by atoms with van der Waals surface area (Å²) >= 11 is 0. The molecule has 1 aliphatic rings. The largest absolute Gasteiger partial charge is 0.507 e. The van der Waals surface area contributed by atoms with Gasteiger partial charge in [0.15, 0.2) is 0 Å². The van der Waals surface area contributed by atoms with E-state index in [-0.39, 0.29) is 11.3 Å². The van der Waals surface area contributed by atoms with E-state index in [1.807, 2.05) is 61.5 Å². The number of hydrogen-bond donors (Lipinski definition) is 1. The van der Waals surface area contributed by atoms with Crippen molar-refractivity contribution >= 4 is 23.1 Å². The monoisotopic (exact) mass is 369 g/mol. The fourth-order valence-electron chi connectivity index (χ4n) is 3.58. The van der Waals surface area contributed by atoms with Crippen molar-refractivity contribution in [1.29, 1.82) is 0 Å². The van der Waals surface area contributed by atoms with Crippen LogP contribution in [0.15, 0.2) is 90.5 Å². The highest BCUT2D eigenvalue weighted by atomic mass is 16.3. The minimum Gasteiger partial charge on any atom is -0.507 e. The van der Waals surface area contributed by atoms with Crippen molar-refractivity contribution in [1.82, 2.24) is 0 Å². The van der Waals surface area contributed by atoms with Crippen LogP contribution < -0.4 is 4.90 Å². The molecule has 0 aliphatic carbocycles. The van der Waals surface area contributed by atoms with E-state index in [9.17, 15) is 14.7 Å². The molecule has 1 aliphatic heterocycles. The zero-order valence-corrected chi connectivity index (χ0v) is 15.4. The lowest BCUT2D eigenvalue weighted by Gasteiger charge is -2.25. The first-order valence-corrected chi connectivity index (χ1v) is 9.06. The molecule has 0 radical (unpaired) electrons. The van der Waals surface area contributed by atoms with Gasteiger partial charge in [-0.2, -0.15) is 0 Å². The smallest absolute Gasteiger partial charge is 0.300 e. The van der Waals surface area contributed by atoms with Crippen LogP contribution in [0.5, 0.6) is 0 Å². The number of carbonyl (C=O) groups is 2. The van der Waals surface area contributed by atoms with E-state index >= 15 is 0 Å². The van der Waals surface area contributed by atoms with E-state index in [4.69, 9.17) is 0 Å². The number of aryl methyl sites for hydroxylation is 1.